The standard InChI is InChI=1S/C10H11ClN6O2/c1-5-3-9(17(18)19)7(11)4-8(5)12-6(2)10-13-15-16-14-10/h3-4,6,12H,1-2H3,(H,13,14,15,16). The zero-order valence-electron chi connectivity index (χ0n) is 10.2. The van der Waals surface area contributed by atoms with Crippen LogP contribution in [0.4, 0.5) is 11.4 Å². The average Bonchev–Trinajstić information content (AvgIpc) is 2.86. The van der Waals surface area contributed by atoms with Crippen molar-refractivity contribution in [2.75, 3.05) is 5.32 Å². The number of nitro groups is 1. The van der Waals surface area contributed by atoms with Gasteiger partial charge in [0.25, 0.3) is 5.69 Å². The largest absolute Gasteiger partial charge is 0.375 e. The number of tetrazole rings is 1. The minimum atomic E-state index is -0.512. The fraction of sp³-hybridized carbons (Fsp3) is 0.300. The first-order valence-corrected chi connectivity index (χ1v) is 5.81. The molecule has 1 unspecified atom stereocenters. The molecule has 100 valence electrons. The number of nitro benzene ring substituents is 1. The van der Waals surface area contributed by atoms with Gasteiger partial charge in [-0.1, -0.05) is 16.8 Å². The smallest absolute Gasteiger partial charge is 0.288 e. The Hall–Kier alpha value is -2.22. The molecule has 0 amide bonds. The molecular weight excluding hydrogens is 272 g/mol. The Morgan fingerprint density at radius 1 is 1.53 bits per heavy atom. The lowest BCUT2D eigenvalue weighted by Gasteiger charge is -2.14. The lowest BCUT2D eigenvalue weighted by molar-refractivity contribution is -0.384. The summed E-state index contributed by atoms with van der Waals surface area (Å²) in [4.78, 5) is 10.3. The molecule has 2 N–H and O–H groups in total. The van der Waals surface area contributed by atoms with E-state index in [4.69, 9.17) is 11.6 Å². The predicted molar refractivity (Wildman–Crippen MR) is 69.1 cm³/mol. The highest BCUT2D eigenvalue weighted by atomic mass is 35.5. The van der Waals surface area contributed by atoms with Crippen molar-refractivity contribution < 1.29 is 4.92 Å². The number of hydrogen-bond donors (Lipinski definition) is 2. The second-order valence-corrected chi connectivity index (χ2v) is 4.42. The van der Waals surface area contributed by atoms with Crippen LogP contribution >= 0.6 is 11.6 Å². The Bertz CT molecular complexity index is 600. The molecule has 0 saturated carbocycles. The molecule has 1 atom stereocenters. The molecule has 0 aliphatic carbocycles. The van der Waals surface area contributed by atoms with E-state index in [1.54, 1.807) is 6.92 Å². The van der Waals surface area contributed by atoms with Crippen LogP contribution in [0.2, 0.25) is 5.02 Å². The van der Waals surface area contributed by atoms with E-state index in [0.29, 0.717) is 17.1 Å². The summed E-state index contributed by atoms with van der Waals surface area (Å²) in [5.74, 6) is 0.494. The highest BCUT2D eigenvalue weighted by Gasteiger charge is 2.17. The molecule has 0 radical (unpaired) electrons. The summed E-state index contributed by atoms with van der Waals surface area (Å²) in [6, 6.07) is 2.74. The highest BCUT2D eigenvalue weighted by Crippen LogP contribution is 2.31. The number of H-pyrrole nitrogens is 1. The van der Waals surface area contributed by atoms with Gasteiger partial charge in [0.15, 0.2) is 5.82 Å². The van der Waals surface area contributed by atoms with Crippen LogP contribution in [0.3, 0.4) is 0 Å². The first-order chi connectivity index (χ1) is 8.99. The SMILES string of the molecule is Cc1cc([N+](=O)[O-])c(Cl)cc1NC(C)c1nn[nH]n1. The molecule has 1 aromatic carbocycles. The Morgan fingerprint density at radius 2 is 2.26 bits per heavy atom. The van der Waals surface area contributed by atoms with Crippen molar-refractivity contribution in [2.24, 2.45) is 0 Å². The van der Waals surface area contributed by atoms with Crippen molar-refractivity contribution in [1.29, 1.82) is 0 Å². The lowest BCUT2D eigenvalue weighted by Crippen LogP contribution is -2.10. The minimum Gasteiger partial charge on any atom is -0.375 e. The summed E-state index contributed by atoms with van der Waals surface area (Å²) in [6.07, 6.45) is 0. The number of anilines is 1. The van der Waals surface area contributed by atoms with Gasteiger partial charge in [-0.25, -0.2) is 0 Å². The van der Waals surface area contributed by atoms with Crippen molar-refractivity contribution in [3.8, 4) is 0 Å². The molecule has 0 fully saturated rings. The molecule has 0 spiro atoms. The van der Waals surface area contributed by atoms with E-state index in [1.165, 1.54) is 12.1 Å². The molecule has 0 bridgehead atoms. The quantitative estimate of drug-likeness (QED) is 0.657. The summed E-state index contributed by atoms with van der Waals surface area (Å²) in [5.41, 5.74) is 1.29. The molecule has 9 heteroatoms. The van der Waals surface area contributed by atoms with Gasteiger partial charge in [-0.05, 0) is 25.5 Å². The van der Waals surface area contributed by atoms with Crippen molar-refractivity contribution in [3.05, 3.63) is 38.7 Å². The van der Waals surface area contributed by atoms with E-state index in [1.807, 2.05) is 6.92 Å². The van der Waals surface area contributed by atoms with Gasteiger partial charge in [-0.2, -0.15) is 5.21 Å². The maximum atomic E-state index is 10.8. The molecule has 0 aliphatic heterocycles. The number of aromatic amines is 1. The van der Waals surface area contributed by atoms with E-state index < -0.39 is 4.92 Å². The second-order valence-electron chi connectivity index (χ2n) is 4.01. The number of nitrogens with zero attached hydrogens (tertiary/aromatic N) is 4. The third-order valence-electron chi connectivity index (χ3n) is 2.61. The van der Waals surface area contributed by atoms with Crippen LogP contribution in [0.5, 0.6) is 0 Å². The number of halogens is 1. The van der Waals surface area contributed by atoms with Gasteiger partial charge in [0.1, 0.15) is 5.02 Å². The lowest BCUT2D eigenvalue weighted by atomic mass is 10.1. The normalized spacial score (nSPS) is 12.2. The van der Waals surface area contributed by atoms with Gasteiger partial charge in [0.05, 0.1) is 11.0 Å². The van der Waals surface area contributed by atoms with Gasteiger partial charge in [-0.15, -0.1) is 10.2 Å². The molecule has 1 aromatic heterocycles. The zero-order chi connectivity index (χ0) is 14.0. The molecule has 8 nitrogen and oxygen atoms in total. The molecule has 2 aromatic rings. The summed E-state index contributed by atoms with van der Waals surface area (Å²) in [5, 5.41) is 27.5. The number of aryl methyl sites for hydroxylation is 1. The molecule has 1 heterocycles. The molecule has 2 rings (SSSR count). The number of rotatable bonds is 4. The third kappa shape index (κ3) is 2.79. The van der Waals surface area contributed by atoms with Crippen LogP contribution in [0, 0.1) is 17.0 Å². The number of aromatic nitrogens is 4. The van der Waals surface area contributed by atoms with Gasteiger partial charge in [0.2, 0.25) is 0 Å². The third-order valence-corrected chi connectivity index (χ3v) is 2.91. The van der Waals surface area contributed by atoms with E-state index >= 15 is 0 Å². The van der Waals surface area contributed by atoms with Crippen LogP contribution in [0.15, 0.2) is 12.1 Å². The first-order valence-electron chi connectivity index (χ1n) is 5.43. The molecule has 19 heavy (non-hydrogen) atoms. The number of hydrogen-bond acceptors (Lipinski definition) is 6. The molecule has 0 saturated heterocycles. The van der Waals surface area contributed by atoms with E-state index in [-0.39, 0.29) is 16.8 Å². The van der Waals surface area contributed by atoms with Crippen LogP contribution in [0.25, 0.3) is 0 Å². The maximum Gasteiger partial charge on any atom is 0.288 e. The van der Waals surface area contributed by atoms with Crippen molar-refractivity contribution in [1.82, 2.24) is 20.6 Å². The van der Waals surface area contributed by atoms with Gasteiger partial charge in [-0.3, -0.25) is 10.1 Å². The average molecular weight is 283 g/mol. The Balaban J connectivity index is 2.26. The summed E-state index contributed by atoms with van der Waals surface area (Å²) >= 11 is 5.87. The van der Waals surface area contributed by atoms with Crippen LogP contribution in [-0.2, 0) is 0 Å². The van der Waals surface area contributed by atoms with E-state index in [0.717, 1.165) is 0 Å². The number of nitrogens with one attached hydrogen (secondary N) is 2. The fourth-order valence-corrected chi connectivity index (χ4v) is 1.85. The summed E-state index contributed by atoms with van der Waals surface area (Å²) in [6.45, 7) is 3.61. The monoisotopic (exact) mass is 282 g/mol. The fourth-order valence-electron chi connectivity index (χ4n) is 1.61. The topological polar surface area (TPSA) is 110 Å². The maximum absolute atomic E-state index is 10.8. The van der Waals surface area contributed by atoms with Crippen LogP contribution < -0.4 is 5.32 Å². The van der Waals surface area contributed by atoms with E-state index in [9.17, 15) is 10.1 Å². The highest BCUT2D eigenvalue weighted by molar-refractivity contribution is 6.33. The zero-order valence-corrected chi connectivity index (χ0v) is 11.0. The van der Waals surface area contributed by atoms with Crippen molar-refractivity contribution in [2.45, 2.75) is 19.9 Å². The molecular formula is C10H11ClN6O2. The Labute approximate surface area is 113 Å². The predicted octanol–water partition coefficient (Wildman–Crippen LogP) is 2.24. The second kappa shape index (κ2) is 5.19. The van der Waals surface area contributed by atoms with Gasteiger partial charge in [0, 0.05) is 11.8 Å². The molecule has 0 aliphatic rings. The van der Waals surface area contributed by atoms with Gasteiger partial charge < -0.3 is 5.32 Å². The van der Waals surface area contributed by atoms with Crippen molar-refractivity contribution in [3.63, 3.8) is 0 Å². The Kier molecular flexibility index (Phi) is 3.61. The summed E-state index contributed by atoms with van der Waals surface area (Å²) < 4.78 is 0. The van der Waals surface area contributed by atoms with Crippen LogP contribution in [0.1, 0.15) is 24.4 Å². The van der Waals surface area contributed by atoms with E-state index in [2.05, 4.69) is 25.9 Å². The van der Waals surface area contributed by atoms with Crippen LogP contribution in [-0.4, -0.2) is 25.5 Å². The minimum absolute atomic E-state index is 0.0819. The van der Waals surface area contributed by atoms with Gasteiger partial charge >= 0.3 is 0 Å². The Morgan fingerprint density at radius 3 is 2.84 bits per heavy atom. The van der Waals surface area contributed by atoms with Crippen molar-refractivity contribution >= 4 is 23.0 Å². The summed E-state index contributed by atoms with van der Waals surface area (Å²) in [7, 11) is 0. The first kappa shape index (κ1) is 13.2. The number of benzene rings is 1.